The lowest BCUT2D eigenvalue weighted by Gasteiger charge is -2.12. The van der Waals surface area contributed by atoms with Crippen LogP contribution >= 0.6 is 11.6 Å². The maximum atomic E-state index is 12.0. The molecule has 2 N–H and O–H groups in total. The average Bonchev–Trinajstić information content (AvgIpc) is 2.83. The normalized spacial score (nSPS) is 10.6. The van der Waals surface area contributed by atoms with Gasteiger partial charge in [-0.1, -0.05) is 48.0 Å². The Labute approximate surface area is 203 Å². The number of nitrogens with zero attached hydrogens (tertiary/aromatic N) is 1. The van der Waals surface area contributed by atoms with E-state index in [1.165, 1.54) is 6.21 Å². The van der Waals surface area contributed by atoms with Crippen molar-refractivity contribution in [2.24, 2.45) is 5.10 Å². The number of carbonyl (C=O) groups excluding carboxylic acids is 2. The molecular weight excluding hydrogens is 454 g/mol. The molecule has 0 aromatic heterocycles. The number of halogens is 1. The van der Waals surface area contributed by atoms with Crippen LogP contribution in [0.15, 0.2) is 77.9 Å². The quantitative estimate of drug-likeness (QED) is 0.292. The number of rotatable bonds is 11. The van der Waals surface area contributed by atoms with Crippen LogP contribution in [0.25, 0.3) is 0 Å². The van der Waals surface area contributed by atoms with Crippen molar-refractivity contribution in [1.29, 1.82) is 0 Å². The molecule has 0 fully saturated rings. The second kappa shape index (κ2) is 13.0. The molecule has 0 aliphatic heterocycles. The molecule has 0 saturated carbocycles. The van der Waals surface area contributed by atoms with Crippen LogP contribution in [-0.4, -0.2) is 24.6 Å². The zero-order valence-corrected chi connectivity index (χ0v) is 19.5. The van der Waals surface area contributed by atoms with Gasteiger partial charge in [-0.3, -0.25) is 9.59 Å². The van der Waals surface area contributed by atoms with Crippen LogP contribution in [0, 0.1) is 0 Å². The minimum Gasteiger partial charge on any atom is -0.490 e. The van der Waals surface area contributed by atoms with Crippen LogP contribution in [0.3, 0.4) is 0 Å². The predicted molar refractivity (Wildman–Crippen MR) is 133 cm³/mol. The van der Waals surface area contributed by atoms with Crippen LogP contribution in [0.2, 0.25) is 5.02 Å². The number of hydrogen-bond donors (Lipinski definition) is 2. The number of carbonyl (C=O) groups is 2. The Balaban J connectivity index is 1.48. The fourth-order valence-electron chi connectivity index (χ4n) is 2.98. The topological polar surface area (TPSA) is 89.0 Å². The third-order valence-electron chi connectivity index (χ3n) is 4.60. The third kappa shape index (κ3) is 8.26. The van der Waals surface area contributed by atoms with Gasteiger partial charge < -0.3 is 14.8 Å². The molecule has 0 bridgehead atoms. The molecule has 3 rings (SSSR count). The largest absolute Gasteiger partial charge is 0.490 e. The van der Waals surface area contributed by atoms with Crippen LogP contribution in [0.1, 0.15) is 30.9 Å². The SMILES string of the molecule is CCOc1cc(C=NNC(=O)CCC(=O)Nc2cccc(Cl)c2)ccc1OCc1ccccc1. The Hall–Kier alpha value is -3.84. The zero-order chi connectivity index (χ0) is 24.2. The fraction of sp³-hybridized carbons (Fsp3) is 0.192. The smallest absolute Gasteiger partial charge is 0.240 e. The van der Waals surface area contributed by atoms with Gasteiger partial charge >= 0.3 is 0 Å². The van der Waals surface area contributed by atoms with Gasteiger partial charge in [-0.15, -0.1) is 0 Å². The first-order chi connectivity index (χ1) is 16.5. The summed E-state index contributed by atoms with van der Waals surface area (Å²) < 4.78 is 11.6. The van der Waals surface area contributed by atoms with E-state index in [1.807, 2.05) is 43.3 Å². The summed E-state index contributed by atoms with van der Waals surface area (Å²) in [5, 5.41) is 7.19. The Bertz CT molecular complexity index is 1140. The van der Waals surface area contributed by atoms with Gasteiger partial charge in [0.1, 0.15) is 6.61 Å². The Kier molecular flexibility index (Phi) is 9.49. The van der Waals surface area contributed by atoms with E-state index in [0.717, 1.165) is 11.1 Å². The maximum absolute atomic E-state index is 12.0. The van der Waals surface area contributed by atoms with Gasteiger partial charge in [0.25, 0.3) is 0 Å². The van der Waals surface area contributed by atoms with E-state index in [-0.39, 0.29) is 24.7 Å². The van der Waals surface area contributed by atoms with E-state index in [2.05, 4.69) is 15.8 Å². The van der Waals surface area contributed by atoms with Crippen molar-refractivity contribution < 1.29 is 19.1 Å². The molecule has 0 atom stereocenters. The summed E-state index contributed by atoms with van der Waals surface area (Å²) in [7, 11) is 0. The molecule has 0 saturated heterocycles. The molecule has 0 spiro atoms. The van der Waals surface area contributed by atoms with Gasteiger partial charge in [-0.25, -0.2) is 5.43 Å². The monoisotopic (exact) mass is 479 g/mol. The van der Waals surface area contributed by atoms with Crippen molar-refractivity contribution in [2.45, 2.75) is 26.4 Å². The highest BCUT2D eigenvalue weighted by molar-refractivity contribution is 6.30. The van der Waals surface area contributed by atoms with Gasteiger partial charge in [0, 0.05) is 23.6 Å². The van der Waals surface area contributed by atoms with E-state index >= 15 is 0 Å². The first-order valence-corrected chi connectivity index (χ1v) is 11.2. The van der Waals surface area contributed by atoms with Crippen molar-refractivity contribution in [3.8, 4) is 11.5 Å². The molecule has 3 aromatic carbocycles. The molecule has 8 heteroatoms. The number of ether oxygens (including phenoxy) is 2. The summed E-state index contributed by atoms with van der Waals surface area (Å²) >= 11 is 5.89. The van der Waals surface area contributed by atoms with Gasteiger partial charge in [-0.2, -0.15) is 5.10 Å². The van der Waals surface area contributed by atoms with Gasteiger partial charge in [0.15, 0.2) is 11.5 Å². The number of anilines is 1. The van der Waals surface area contributed by atoms with Gasteiger partial charge in [0.2, 0.25) is 11.8 Å². The van der Waals surface area contributed by atoms with E-state index in [0.29, 0.717) is 35.4 Å². The number of hydrazone groups is 1. The second-order valence-electron chi connectivity index (χ2n) is 7.27. The van der Waals surface area contributed by atoms with Crippen molar-refractivity contribution >= 4 is 35.3 Å². The summed E-state index contributed by atoms with van der Waals surface area (Å²) in [5.74, 6) is 0.559. The van der Waals surface area contributed by atoms with E-state index in [4.69, 9.17) is 21.1 Å². The second-order valence-corrected chi connectivity index (χ2v) is 7.70. The summed E-state index contributed by atoms with van der Waals surface area (Å²) in [5.41, 5.74) is 4.80. The van der Waals surface area contributed by atoms with Crippen molar-refractivity contribution in [3.05, 3.63) is 88.9 Å². The maximum Gasteiger partial charge on any atom is 0.240 e. The van der Waals surface area contributed by atoms with Crippen LogP contribution in [-0.2, 0) is 16.2 Å². The highest BCUT2D eigenvalue weighted by Crippen LogP contribution is 2.29. The minimum atomic E-state index is -0.370. The van der Waals surface area contributed by atoms with Crippen molar-refractivity contribution in [1.82, 2.24) is 5.43 Å². The molecule has 3 aromatic rings. The summed E-state index contributed by atoms with van der Waals surface area (Å²) in [6, 6.07) is 22.1. The van der Waals surface area contributed by atoms with Crippen molar-refractivity contribution in [3.63, 3.8) is 0 Å². The molecule has 7 nitrogen and oxygen atoms in total. The van der Waals surface area contributed by atoms with E-state index in [1.54, 1.807) is 36.4 Å². The predicted octanol–water partition coefficient (Wildman–Crippen LogP) is 5.19. The van der Waals surface area contributed by atoms with E-state index in [9.17, 15) is 9.59 Å². The summed E-state index contributed by atoms with van der Waals surface area (Å²) in [4.78, 5) is 24.0. The molecule has 176 valence electrons. The number of hydrogen-bond acceptors (Lipinski definition) is 5. The first-order valence-electron chi connectivity index (χ1n) is 10.8. The molecule has 0 aliphatic carbocycles. The number of amides is 2. The van der Waals surface area contributed by atoms with Crippen molar-refractivity contribution in [2.75, 3.05) is 11.9 Å². The van der Waals surface area contributed by atoms with Gasteiger partial charge in [-0.05, 0) is 54.4 Å². The molecule has 34 heavy (non-hydrogen) atoms. The average molecular weight is 480 g/mol. The lowest BCUT2D eigenvalue weighted by Crippen LogP contribution is -2.20. The number of nitrogens with one attached hydrogen (secondary N) is 2. The third-order valence-corrected chi connectivity index (χ3v) is 4.83. The summed E-state index contributed by atoms with van der Waals surface area (Å²) in [6.07, 6.45) is 1.53. The summed E-state index contributed by atoms with van der Waals surface area (Å²) in [6.45, 7) is 2.80. The first kappa shape index (κ1) is 24.8. The lowest BCUT2D eigenvalue weighted by molar-refractivity contribution is -0.124. The molecule has 0 unspecified atom stereocenters. The molecular formula is C26H26ClN3O4. The minimum absolute atomic E-state index is 0.000197. The van der Waals surface area contributed by atoms with Crippen LogP contribution in [0.4, 0.5) is 5.69 Å². The Morgan fingerprint density at radius 1 is 0.912 bits per heavy atom. The highest BCUT2D eigenvalue weighted by Gasteiger charge is 2.08. The molecule has 0 aliphatic rings. The molecule has 0 radical (unpaired) electrons. The molecule has 2 amide bonds. The molecule has 0 heterocycles. The van der Waals surface area contributed by atoms with Crippen LogP contribution < -0.4 is 20.2 Å². The van der Waals surface area contributed by atoms with Crippen LogP contribution in [0.5, 0.6) is 11.5 Å². The standard InChI is InChI=1S/C26H26ClN3O4/c1-2-33-24-15-20(11-12-23(24)34-18-19-7-4-3-5-8-19)17-28-30-26(32)14-13-25(31)29-22-10-6-9-21(27)16-22/h3-12,15-17H,2,13-14,18H2,1H3,(H,29,31)(H,30,32). The van der Waals surface area contributed by atoms with Gasteiger partial charge in [0.05, 0.1) is 12.8 Å². The van der Waals surface area contributed by atoms with E-state index < -0.39 is 0 Å². The zero-order valence-electron chi connectivity index (χ0n) is 18.8. The Morgan fingerprint density at radius 2 is 1.71 bits per heavy atom. The highest BCUT2D eigenvalue weighted by atomic mass is 35.5. The lowest BCUT2D eigenvalue weighted by atomic mass is 10.2. The Morgan fingerprint density at radius 3 is 2.47 bits per heavy atom. The number of benzene rings is 3. The fourth-order valence-corrected chi connectivity index (χ4v) is 3.17.